The first kappa shape index (κ1) is 18.5. The molecule has 28 heavy (non-hydrogen) atoms. The van der Waals surface area contributed by atoms with E-state index >= 15 is 0 Å². The second kappa shape index (κ2) is 7.30. The van der Waals surface area contributed by atoms with Crippen LogP contribution < -0.4 is 4.31 Å². The van der Waals surface area contributed by atoms with Gasteiger partial charge in [-0.15, -0.1) is 0 Å². The third-order valence-corrected chi connectivity index (χ3v) is 6.73. The van der Waals surface area contributed by atoms with E-state index in [1.165, 1.54) is 4.31 Å². The molecule has 0 saturated carbocycles. The van der Waals surface area contributed by atoms with E-state index in [9.17, 15) is 13.2 Å². The molecule has 3 aromatic carbocycles. The molecule has 0 atom stereocenters. The van der Waals surface area contributed by atoms with Gasteiger partial charge in [0.1, 0.15) is 0 Å². The number of hydrogen-bond acceptors (Lipinski definition) is 3. The lowest BCUT2D eigenvalue weighted by atomic mass is 10.1. The molecule has 3 aromatic rings. The summed E-state index contributed by atoms with van der Waals surface area (Å²) in [7, 11) is -4.08. The van der Waals surface area contributed by atoms with Crippen molar-refractivity contribution in [2.75, 3.05) is 4.31 Å². The molecule has 5 nitrogen and oxygen atoms in total. The Bertz CT molecular complexity index is 1130. The predicted molar refractivity (Wildman–Crippen MR) is 109 cm³/mol. The van der Waals surface area contributed by atoms with Crippen molar-refractivity contribution in [2.24, 2.45) is 0 Å². The van der Waals surface area contributed by atoms with Crippen LogP contribution in [0.5, 0.6) is 0 Å². The number of anilines is 1. The van der Waals surface area contributed by atoms with Crippen LogP contribution >= 0.6 is 11.6 Å². The molecule has 0 saturated heterocycles. The van der Waals surface area contributed by atoms with E-state index < -0.39 is 16.1 Å². The van der Waals surface area contributed by atoms with Crippen LogP contribution in [0.2, 0.25) is 5.02 Å². The molecule has 1 aliphatic heterocycles. The summed E-state index contributed by atoms with van der Waals surface area (Å²) in [6, 6.07) is 22.9. The van der Waals surface area contributed by atoms with Crippen molar-refractivity contribution in [1.29, 1.82) is 0 Å². The van der Waals surface area contributed by atoms with E-state index in [1.54, 1.807) is 48.5 Å². The van der Waals surface area contributed by atoms with Crippen molar-refractivity contribution in [2.45, 2.75) is 13.1 Å². The normalized spacial score (nSPS) is 15.4. The maximum atomic E-state index is 13.4. The SMILES string of the molecule is O=C1c2ccccc2N(Cc2ccccc2)S(=O)(=O)N1Cc1ccccc1Cl. The second-order valence-electron chi connectivity index (χ2n) is 6.42. The summed E-state index contributed by atoms with van der Waals surface area (Å²) >= 11 is 6.20. The number of amides is 1. The Balaban J connectivity index is 1.80. The van der Waals surface area contributed by atoms with Crippen molar-refractivity contribution >= 4 is 33.4 Å². The quantitative estimate of drug-likeness (QED) is 0.643. The molecule has 0 unspecified atom stereocenters. The van der Waals surface area contributed by atoms with Gasteiger partial charge in [-0.05, 0) is 29.3 Å². The Morgan fingerprint density at radius 3 is 2.14 bits per heavy atom. The molecule has 1 amide bonds. The van der Waals surface area contributed by atoms with Gasteiger partial charge in [-0.1, -0.05) is 72.3 Å². The van der Waals surface area contributed by atoms with Crippen LogP contribution in [0.1, 0.15) is 21.5 Å². The van der Waals surface area contributed by atoms with Crippen LogP contribution in [0.15, 0.2) is 78.9 Å². The fraction of sp³-hybridized carbons (Fsp3) is 0.0952. The van der Waals surface area contributed by atoms with Crippen LogP contribution in [-0.2, 0) is 23.3 Å². The largest absolute Gasteiger partial charge is 0.329 e. The number of carbonyl (C=O) groups excluding carboxylic acids is 1. The minimum absolute atomic E-state index is 0.125. The molecule has 7 heteroatoms. The van der Waals surface area contributed by atoms with Crippen molar-refractivity contribution in [3.05, 3.63) is 101 Å². The molecule has 4 rings (SSSR count). The van der Waals surface area contributed by atoms with Crippen LogP contribution in [0.4, 0.5) is 5.69 Å². The number of hydrogen-bond donors (Lipinski definition) is 0. The maximum absolute atomic E-state index is 13.4. The van der Waals surface area contributed by atoms with Gasteiger partial charge in [0.15, 0.2) is 0 Å². The maximum Gasteiger partial charge on any atom is 0.329 e. The fourth-order valence-corrected chi connectivity index (χ4v) is 4.97. The average molecular weight is 413 g/mol. The Labute approximate surface area is 169 Å². The van der Waals surface area contributed by atoms with E-state index in [0.29, 0.717) is 21.8 Å². The summed E-state index contributed by atoms with van der Waals surface area (Å²) < 4.78 is 29.0. The second-order valence-corrected chi connectivity index (χ2v) is 8.60. The van der Waals surface area contributed by atoms with Gasteiger partial charge < -0.3 is 0 Å². The van der Waals surface area contributed by atoms with E-state index in [1.807, 2.05) is 30.3 Å². The number of benzene rings is 3. The standard InChI is InChI=1S/C21H17ClN2O3S/c22-19-12-6-4-10-17(19)15-24-21(25)18-11-5-7-13-20(18)23(28(24,26)27)14-16-8-2-1-3-9-16/h1-13H,14-15H2. The van der Waals surface area contributed by atoms with Gasteiger partial charge in [0, 0.05) is 5.02 Å². The Kier molecular flexibility index (Phi) is 4.83. The van der Waals surface area contributed by atoms with Gasteiger partial charge in [-0.2, -0.15) is 8.42 Å². The Hall–Kier alpha value is -2.83. The predicted octanol–water partition coefficient (Wildman–Crippen LogP) is 4.25. The highest BCUT2D eigenvalue weighted by Crippen LogP contribution is 2.35. The Morgan fingerprint density at radius 2 is 1.39 bits per heavy atom. The van der Waals surface area contributed by atoms with E-state index in [2.05, 4.69) is 0 Å². The molecule has 142 valence electrons. The highest BCUT2D eigenvalue weighted by atomic mass is 35.5. The number of para-hydroxylation sites is 1. The number of fused-ring (bicyclic) bond motifs is 1. The number of nitrogens with zero attached hydrogens (tertiary/aromatic N) is 2. The lowest BCUT2D eigenvalue weighted by Crippen LogP contribution is -2.50. The van der Waals surface area contributed by atoms with E-state index in [4.69, 9.17) is 11.6 Å². The number of carbonyl (C=O) groups is 1. The van der Waals surface area contributed by atoms with Crippen LogP contribution in [0.3, 0.4) is 0 Å². The summed E-state index contributed by atoms with van der Waals surface area (Å²) in [6.07, 6.45) is 0. The first-order valence-corrected chi connectivity index (χ1v) is 10.5. The zero-order chi connectivity index (χ0) is 19.7. The van der Waals surface area contributed by atoms with Gasteiger partial charge in [-0.25, -0.2) is 8.61 Å². The lowest BCUT2D eigenvalue weighted by Gasteiger charge is -2.37. The molecule has 0 N–H and O–H groups in total. The van der Waals surface area contributed by atoms with Gasteiger partial charge in [0.2, 0.25) is 0 Å². The first-order valence-electron chi connectivity index (χ1n) is 8.69. The summed E-state index contributed by atoms with van der Waals surface area (Å²) in [4.78, 5) is 13.0. The van der Waals surface area contributed by atoms with Crippen LogP contribution in [0.25, 0.3) is 0 Å². The van der Waals surface area contributed by atoms with Gasteiger partial charge in [-0.3, -0.25) is 4.79 Å². The highest BCUT2D eigenvalue weighted by molar-refractivity contribution is 7.91. The van der Waals surface area contributed by atoms with Crippen molar-refractivity contribution in [1.82, 2.24) is 4.31 Å². The summed E-state index contributed by atoms with van der Waals surface area (Å²) in [5.41, 5.74) is 2.13. The summed E-state index contributed by atoms with van der Waals surface area (Å²) in [5, 5.41) is 0.416. The molecule has 0 aliphatic carbocycles. The molecule has 0 spiro atoms. The molecule has 1 aliphatic rings. The highest BCUT2D eigenvalue weighted by Gasteiger charge is 2.41. The van der Waals surface area contributed by atoms with Crippen molar-refractivity contribution in [3.63, 3.8) is 0 Å². The topological polar surface area (TPSA) is 57.7 Å². The number of halogens is 1. The van der Waals surface area contributed by atoms with E-state index in [-0.39, 0.29) is 13.1 Å². The zero-order valence-corrected chi connectivity index (χ0v) is 16.4. The summed E-state index contributed by atoms with van der Waals surface area (Å²) in [6.45, 7) is 0.00690. The zero-order valence-electron chi connectivity index (χ0n) is 14.8. The van der Waals surface area contributed by atoms with E-state index in [0.717, 1.165) is 9.87 Å². The van der Waals surface area contributed by atoms with Crippen LogP contribution in [-0.4, -0.2) is 18.6 Å². The number of rotatable bonds is 4. The summed E-state index contributed by atoms with van der Waals surface area (Å²) in [5.74, 6) is -0.556. The third-order valence-electron chi connectivity index (χ3n) is 4.63. The molecular weight excluding hydrogens is 396 g/mol. The average Bonchev–Trinajstić information content (AvgIpc) is 2.71. The molecule has 0 aromatic heterocycles. The molecular formula is C21H17ClN2O3S. The first-order chi connectivity index (χ1) is 13.5. The molecule has 1 heterocycles. The van der Waals surface area contributed by atoms with Gasteiger partial charge in [0.05, 0.1) is 24.3 Å². The fourth-order valence-electron chi connectivity index (χ4n) is 3.21. The lowest BCUT2D eigenvalue weighted by molar-refractivity contribution is 0.0851. The van der Waals surface area contributed by atoms with Gasteiger partial charge in [0.25, 0.3) is 5.91 Å². The third kappa shape index (κ3) is 3.25. The van der Waals surface area contributed by atoms with Crippen LogP contribution in [0, 0.1) is 0 Å². The minimum atomic E-state index is -4.08. The molecule has 0 bridgehead atoms. The van der Waals surface area contributed by atoms with Crippen molar-refractivity contribution in [3.8, 4) is 0 Å². The smallest absolute Gasteiger partial charge is 0.268 e. The Morgan fingerprint density at radius 1 is 0.750 bits per heavy atom. The van der Waals surface area contributed by atoms with Crippen molar-refractivity contribution < 1.29 is 13.2 Å². The molecule has 0 radical (unpaired) electrons. The van der Waals surface area contributed by atoms with Gasteiger partial charge >= 0.3 is 10.2 Å². The minimum Gasteiger partial charge on any atom is -0.268 e. The monoisotopic (exact) mass is 412 g/mol. The molecule has 0 fully saturated rings.